The summed E-state index contributed by atoms with van der Waals surface area (Å²) in [6.45, 7) is 9.44. The van der Waals surface area contributed by atoms with Crippen molar-refractivity contribution in [3.63, 3.8) is 0 Å². The zero-order valence-corrected chi connectivity index (χ0v) is 28.6. The standard InChI is InChI=1S/C36H38ClN7O4/c1-35(2,41-31-16-15-29(42-43-31)34-40-33(44-48-34)22-7-10-24(45-5)11-8-22)17-18-47-36(3,4)21-38-32-26-13-9-23(37)19-30(26)39-28-14-12-25(46-6)20-27(28)32/h7-16,19-20H,17-18,21H2,1-6H3,(H,38,39)(H,41,43). The number of pyridine rings is 1. The fourth-order valence-electron chi connectivity index (χ4n) is 5.26. The van der Waals surface area contributed by atoms with E-state index in [1.807, 2.05) is 66.7 Å². The molecule has 0 saturated heterocycles. The highest BCUT2D eigenvalue weighted by Crippen LogP contribution is 2.35. The largest absolute Gasteiger partial charge is 0.497 e. The molecule has 0 aliphatic carbocycles. The number of benzene rings is 3. The molecule has 12 heteroatoms. The van der Waals surface area contributed by atoms with Crippen LogP contribution in [0.4, 0.5) is 11.5 Å². The Hall–Kier alpha value is -5.00. The highest BCUT2D eigenvalue weighted by atomic mass is 35.5. The van der Waals surface area contributed by atoms with E-state index in [9.17, 15) is 0 Å². The molecule has 3 aromatic carbocycles. The molecule has 6 aromatic rings. The molecule has 0 fully saturated rings. The summed E-state index contributed by atoms with van der Waals surface area (Å²) in [5.41, 5.74) is 3.14. The Morgan fingerprint density at radius 2 is 1.56 bits per heavy atom. The summed E-state index contributed by atoms with van der Waals surface area (Å²) in [6, 6.07) is 22.7. The Balaban J connectivity index is 1.06. The van der Waals surface area contributed by atoms with Crippen LogP contribution in [-0.2, 0) is 4.74 Å². The molecule has 48 heavy (non-hydrogen) atoms. The lowest BCUT2D eigenvalue weighted by Crippen LogP contribution is -2.37. The molecule has 0 radical (unpaired) electrons. The second kappa shape index (κ2) is 13.6. The third-order valence-electron chi connectivity index (χ3n) is 7.98. The fourth-order valence-corrected chi connectivity index (χ4v) is 5.42. The average Bonchev–Trinajstić information content (AvgIpc) is 3.57. The molecular formula is C36H38ClN7O4. The van der Waals surface area contributed by atoms with Crippen molar-refractivity contribution in [3.8, 4) is 34.5 Å². The molecule has 0 amide bonds. The van der Waals surface area contributed by atoms with E-state index in [1.165, 1.54) is 0 Å². The monoisotopic (exact) mass is 667 g/mol. The molecule has 0 atom stereocenters. The summed E-state index contributed by atoms with van der Waals surface area (Å²) in [6.07, 6.45) is 0.728. The number of hydrogen-bond acceptors (Lipinski definition) is 11. The number of hydrogen-bond donors (Lipinski definition) is 2. The first kappa shape index (κ1) is 32.9. The van der Waals surface area contributed by atoms with E-state index < -0.39 is 5.60 Å². The van der Waals surface area contributed by atoms with Gasteiger partial charge in [0.1, 0.15) is 17.3 Å². The topological polar surface area (TPSA) is 129 Å². The molecule has 0 saturated carbocycles. The molecular weight excluding hydrogens is 630 g/mol. The van der Waals surface area contributed by atoms with Crippen LogP contribution < -0.4 is 20.1 Å². The molecule has 0 spiro atoms. The summed E-state index contributed by atoms with van der Waals surface area (Å²) in [7, 11) is 3.28. The first-order valence-electron chi connectivity index (χ1n) is 15.6. The summed E-state index contributed by atoms with van der Waals surface area (Å²) < 4.78 is 22.6. The van der Waals surface area contributed by atoms with Gasteiger partial charge in [-0.25, -0.2) is 4.98 Å². The highest BCUT2D eigenvalue weighted by molar-refractivity contribution is 6.31. The van der Waals surface area contributed by atoms with Crippen molar-refractivity contribution in [3.05, 3.63) is 77.8 Å². The zero-order chi connectivity index (χ0) is 33.9. The maximum atomic E-state index is 6.41. The number of aromatic nitrogens is 5. The van der Waals surface area contributed by atoms with Gasteiger partial charge < -0.3 is 29.4 Å². The van der Waals surface area contributed by atoms with E-state index >= 15 is 0 Å². The van der Waals surface area contributed by atoms with Gasteiger partial charge in [0.25, 0.3) is 5.89 Å². The van der Waals surface area contributed by atoms with Gasteiger partial charge in [0.2, 0.25) is 5.82 Å². The van der Waals surface area contributed by atoms with Gasteiger partial charge in [0.15, 0.2) is 5.69 Å². The lowest BCUT2D eigenvalue weighted by atomic mass is 10.0. The quantitative estimate of drug-likeness (QED) is 0.116. The SMILES string of the molecule is COc1ccc(-c2noc(-c3ccc(NC(C)(C)CCOC(C)(C)CNc4c5ccc(Cl)cc5nc5ccc(OC)cc45)nn3)n2)cc1. The Bertz CT molecular complexity index is 2030. The maximum absolute atomic E-state index is 6.41. The molecule has 0 aliphatic heterocycles. The molecule has 248 valence electrons. The Labute approximate surface area is 284 Å². The Morgan fingerprint density at radius 1 is 0.792 bits per heavy atom. The van der Waals surface area contributed by atoms with Crippen molar-refractivity contribution >= 4 is 44.9 Å². The number of rotatable bonds is 13. The van der Waals surface area contributed by atoms with Gasteiger partial charge in [-0.3, -0.25) is 0 Å². The van der Waals surface area contributed by atoms with Crippen LogP contribution in [0.5, 0.6) is 11.5 Å². The zero-order valence-electron chi connectivity index (χ0n) is 27.8. The van der Waals surface area contributed by atoms with E-state index in [0.29, 0.717) is 41.4 Å². The Kier molecular flexibility index (Phi) is 9.34. The maximum Gasteiger partial charge on any atom is 0.278 e. The molecule has 2 N–H and O–H groups in total. The lowest BCUT2D eigenvalue weighted by molar-refractivity contribution is -0.0127. The molecule has 0 unspecified atom stereocenters. The van der Waals surface area contributed by atoms with Gasteiger partial charge in [-0.1, -0.05) is 16.8 Å². The van der Waals surface area contributed by atoms with Crippen molar-refractivity contribution in [1.82, 2.24) is 25.3 Å². The van der Waals surface area contributed by atoms with Crippen LogP contribution in [0.3, 0.4) is 0 Å². The molecule has 3 aromatic heterocycles. The Morgan fingerprint density at radius 3 is 2.29 bits per heavy atom. The predicted molar refractivity (Wildman–Crippen MR) is 189 cm³/mol. The number of halogens is 1. The van der Waals surface area contributed by atoms with E-state index in [1.54, 1.807) is 20.3 Å². The highest BCUT2D eigenvalue weighted by Gasteiger charge is 2.24. The van der Waals surface area contributed by atoms with Crippen LogP contribution in [0.1, 0.15) is 34.1 Å². The number of anilines is 2. The van der Waals surface area contributed by atoms with Crippen LogP contribution in [-0.4, -0.2) is 63.8 Å². The lowest BCUT2D eigenvalue weighted by Gasteiger charge is -2.31. The second-order valence-electron chi connectivity index (χ2n) is 12.7. The van der Waals surface area contributed by atoms with Crippen molar-refractivity contribution in [1.29, 1.82) is 0 Å². The first-order valence-corrected chi connectivity index (χ1v) is 16.0. The third-order valence-corrected chi connectivity index (χ3v) is 8.21. The van der Waals surface area contributed by atoms with Crippen LogP contribution in [0.2, 0.25) is 5.02 Å². The third kappa shape index (κ3) is 7.58. The van der Waals surface area contributed by atoms with Gasteiger partial charge in [-0.15, -0.1) is 10.2 Å². The van der Waals surface area contributed by atoms with Gasteiger partial charge in [-0.05, 0) is 107 Å². The van der Waals surface area contributed by atoms with E-state index in [-0.39, 0.29) is 5.54 Å². The van der Waals surface area contributed by atoms with Crippen LogP contribution in [0.25, 0.3) is 44.8 Å². The van der Waals surface area contributed by atoms with E-state index in [2.05, 4.69) is 58.7 Å². The van der Waals surface area contributed by atoms with Gasteiger partial charge >= 0.3 is 0 Å². The summed E-state index contributed by atoms with van der Waals surface area (Å²) in [5, 5.41) is 22.4. The van der Waals surface area contributed by atoms with Crippen molar-refractivity contribution < 1.29 is 18.7 Å². The van der Waals surface area contributed by atoms with Gasteiger partial charge in [-0.2, -0.15) is 4.98 Å². The second-order valence-corrected chi connectivity index (χ2v) is 13.1. The first-order chi connectivity index (χ1) is 23.0. The molecule has 0 bridgehead atoms. The van der Waals surface area contributed by atoms with Crippen molar-refractivity contribution in [2.75, 3.05) is 38.0 Å². The van der Waals surface area contributed by atoms with Crippen molar-refractivity contribution in [2.24, 2.45) is 0 Å². The number of nitrogens with one attached hydrogen (secondary N) is 2. The number of nitrogens with zero attached hydrogens (tertiary/aromatic N) is 5. The average molecular weight is 668 g/mol. The van der Waals surface area contributed by atoms with Gasteiger partial charge in [0, 0.05) is 40.0 Å². The fraction of sp³-hybridized carbons (Fsp3) is 0.306. The number of ether oxygens (including phenoxy) is 3. The number of methoxy groups -OCH3 is 2. The minimum atomic E-state index is -0.473. The van der Waals surface area contributed by atoms with Crippen LogP contribution in [0.15, 0.2) is 77.3 Å². The molecule has 3 heterocycles. The summed E-state index contributed by atoms with van der Waals surface area (Å²) in [5.74, 6) is 2.90. The molecule has 6 rings (SSSR count). The minimum Gasteiger partial charge on any atom is -0.497 e. The van der Waals surface area contributed by atoms with Crippen LogP contribution >= 0.6 is 11.6 Å². The predicted octanol–water partition coefficient (Wildman–Crippen LogP) is 8.05. The number of fused-ring (bicyclic) bond motifs is 2. The molecule has 11 nitrogen and oxygen atoms in total. The summed E-state index contributed by atoms with van der Waals surface area (Å²) >= 11 is 6.30. The minimum absolute atomic E-state index is 0.291. The van der Waals surface area contributed by atoms with Crippen LogP contribution in [0, 0.1) is 0 Å². The summed E-state index contributed by atoms with van der Waals surface area (Å²) in [4.78, 5) is 9.30. The van der Waals surface area contributed by atoms with Crippen molar-refractivity contribution in [2.45, 2.75) is 45.3 Å². The normalized spacial score (nSPS) is 12.0. The van der Waals surface area contributed by atoms with E-state index in [4.69, 9.17) is 35.3 Å². The van der Waals surface area contributed by atoms with E-state index in [0.717, 1.165) is 51.0 Å². The molecule has 0 aliphatic rings. The smallest absolute Gasteiger partial charge is 0.278 e. The van der Waals surface area contributed by atoms with Gasteiger partial charge in [0.05, 0.1) is 36.5 Å².